The molecule has 1 nitrogen and oxygen atoms in total. The molecule has 88 valence electrons. The molecule has 0 aromatic heterocycles. The number of hydrogen-bond donors (Lipinski definition) is 1. The van der Waals surface area contributed by atoms with Crippen LogP contribution in [0.4, 0.5) is 0 Å². The van der Waals surface area contributed by atoms with E-state index in [2.05, 4.69) is 36.1 Å². The predicted octanol–water partition coefficient (Wildman–Crippen LogP) is 3.89. The normalized spacial score (nSPS) is 22.2. The van der Waals surface area contributed by atoms with Gasteiger partial charge in [-0.1, -0.05) is 30.7 Å². The summed E-state index contributed by atoms with van der Waals surface area (Å²) in [5, 5.41) is 5.13. The Kier molecular flexibility index (Phi) is 4.56. The second-order valence-corrected chi connectivity index (χ2v) is 5.93. The minimum atomic E-state index is 0.455. The number of hydrogen-bond acceptors (Lipinski definition) is 2. The Morgan fingerprint density at radius 1 is 1.56 bits per heavy atom. The molecule has 0 radical (unpaired) electrons. The molecular formula is C13H18ClNS. The Hall–Kier alpha value is -0.180. The van der Waals surface area contributed by atoms with E-state index in [1.165, 1.54) is 24.2 Å². The van der Waals surface area contributed by atoms with Gasteiger partial charge in [-0.3, -0.25) is 0 Å². The number of nitrogens with one attached hydrogen (secondary N) is 1. The van der Waals surface area contributed by atoms with E-state index in [1.54, 1.807) is 0 Å². The van der Waals surface area contributed by atoms with E-state index in [4.69, 9.17) is 11.6 Å². The van der Waals surface area contributed by atoms with Gasteiger partial charge >= 0.3 is 0 Å². The molecule has 16 heavy (non-hydrogen) atoms. The molecule has 1 N–H and O–H groups in total. The largest absolute Gasteiger partial charge is 0.309 e. The fourth-order valence-electron chi connectivity index (χ4n) is 2.25. The standard InChI is InChI=1S/C13H18ClNS/c1-2-15-13(12-7-4-8-16-12)10-5-3-6-11(14)9-10/h3,5-6,9,12-13,15H,2,4,7-8H2,1H3. The van der Waals surface area contributed by atoms with Crippen molar-refractivity contribution in [1.29, 1.82) is 0 Å². The number of thioether (sulfide) groups is 1. The highest BCUT2D eigenvalue weighted by Gasteiger charge is 2.26. The highest BCUT2D eigenvalue weighted by molar-refractivity contribution is 8.00. The van der Waals surface area contributed by atoms with Crippen molar-refractivity contribution >= 4 is 23.4 Å². The van der Waals surface area contributed by atoms with E-state index < -0.39 is 0 Å². The molecule has 3 heteroatoms. The van der Waals surface area contributed by atoms with Crippen LogP contribution in [0.25, 0.3) is 0 Å². The second-order valence-electron chi connectivity index (χ2n) is 4.14. The summed E-state index contributed by atoms with van der Waals surface area (Å²) in [5.41, 5.74) is 1.33. The van der Waals surface area contributed by atoms with E-state index in [0.717, 1.165) is 11.6 Å². The van der Waals surface area contributed by atoms with Crippen LogP contribution in [0.5, 0.6) is 0 Å². The van der Waals surface area contributed by atoms with Gasteiger partial charge in [0.2, 0.25) is 0 Å². The molecule has 0 bridgehead atoms. The highest BCUT2D eigenvalue weighted by atomic mass is 35.5. The molecule has 1 heterocycles. The molecule has 2 atom stereocenters. The first-order chi connectivity index (χ1) is 7.81. The SMILES string of the molecule is CCNC(c1cccc(Cl)c1)C1CCCS1. The third kappa shape index (κ3) is 2.93. The lowest BCUT2D eigenvalue weighted by Crippen LogP contribution is -2.28. The van der Waals surface area contributed by atoms with Gasteiger partial charge in [-0.05, 0) is 42.8 Å². The Bertz CT molecular complexity index is 336. The molecule has 0 saturated carbocycles. The maximum Gasteiger partial charge on any atom is 0.0441 e. The maximum absolute atomic E-state index is 6.06. The molecule has 1 aromatic rings. The van der Waals surface area contributed by atoms with Crippen LogP contribution in [0.2, 0.25) is 5.02 Å². The van der Waals surface area contributed by atoms with E-state index in [-0.39, 0.29) is 0 Å². The molecule has 2 rings (SSSR count). The minimum absolute atomic E-state index is 0.455. The first-order valence-corrected chi connectivity index (χ1v) is 7.34. The average Bonchev–Trinajstić information content (AvgIpc) is 2.79. The Morgan fingerprint density at radius 2 is 2.44 bits per heavy atom. The summed E-state index contributed by atoms with van der Waals surface area (Å²) in [6, 6.07) is 8.71. The predicted molar refractivity (Wildman–Crippen MR) is 73.3 cm³/mol. The first kappa shape index (κ1) is 12.3. The Morgan fingerprint density at radius 3 is 3.06 bits per heavy atom. The Balaban J connectivity index is 2.17. The van der Waals surface area contributed by atoms with Crippen LogP contribution in [0, 0.1) is 0 Å². The van der Waals surface area contributed by atoms with Crippen LogP contribution < -0.4 is 5.32 Å². The van der Waals surface area contributed by atoms with Crippen LogP contribution in [0.3, 0.4) is 0 Å². The van der Waals surface area contributed by atoms with Crippen molar-refractivity contribution in [2.24, 2.45) is 0 Å². The van der Waals surface area contributed by atoms with Gasteiger partial charge in [-0.2, -0.15) is 11.8 Å². The molecule has 0 amide bonds. The zero-order valence-corrected chi connectivity index (χ0v) is 11.2. The molecule has 1 fully saturated rings. The summed E-state index contributed by atoms with van der Waals surface area (Å²) in [7, 11) is 0. The highest BCUT2D eigenvalue weighted by Crippen LogP contribution is 2.36. The van der Waals surface area contributed by atoms with E-state index in [0.29, 0.717) is 11.3 Å². The maximum atomic E-state index is 6.06. The zero-order chi connectivity index (χ0) is 11.4. The fourth-order valence-corrected chi connectivity index (χ4v) is 3.86. The van der Waals surface area contributed by atoms with Gasteiger partial charge in [0.25, 0.3) is 0 Å². The van der Waals surface area contributed by atoms with Crippen LogP contribution in [0.1, 0.15) is 31.4 Å². The van der Waals surface area contributed by atoms with Gasteiger partial charge in [0.1, 0.15) is 0 Å². The number of rotatable bonds is 4. The van der Waals surface area contributed by atoms with E-state index >= 15 is 0 Å². The summed E-state index contributed by atoms with van der Waals surface area (Å²) >= 11 is 8.15. The van der Waals surface area contributed by atoms with Crippen molar-refractivity contribution in [3.8, 4) is 0 Å². The van der Waals surface area contributed by atoms with Gasteiger partial charge in [0, 0.05) is 16.3 Å². The molecule has 0 spiro atoms. The number of halogens is 1. The molecule has 1 aliphatic rings. The van der Waals surface area contributed by atoms with Crippen molar-refractivity contribution in [2.45, 2.75) is 31.1 Å². The van der Waals surface area contributed by atoms with Gasteiger partial charge in [0.05, 0.1) is 0 Å². The smallest absolute Gasteiger partial charge is 0.0441 e. The van der Waals surface area contributed by atoms with Crippen molar-refractivity contribution in [3.05, 3.63) is 34.9 Å². The van der Waals surface area contributed by atoms with Crippen LogP contribution >= 0.6 is 23.4 Å². The lowest BCUT2D eigenvalue weighted by atomic mass is 10.0. The van der Waals surface area contributed by atoms with Crippen LogP contribution in [0.15, 0.2) is 24.3 Å². The molecule has 1 saturated heterocycles. The topological polar surface area (TPSA) is 12.0 Å². The van der Waals surface area contributed by atoms with Crippen molar-refractivity contribution < 1.29 is 0 Å². The summed E-state index contributed by atoms with van der Waals surface area (Å²) in [6.07, 6.45) is 2.66. The lowest BCUT2D eigenvalue weighted by molar-refractivity contribution is 0.519. The van der Waals surface area contributed by atoms with Crippen LogP contribution in [-0.4, -0.2) is 17.5 Å². The summed E-state index contributed by atoms with van der Waals surface area (Å²) in [5.74, 6) is 1.30. The first-order valence-electron chi connectivity index (χ1n) is 5.91. The van der Waals surface area contributed by atoms with Gasteiger partial charge in [-0.15, -0.1) is 0 Å². The quantitative estimate of drug-likeness (QED) is 0.876. The zero-order valence-electron chi connectivity index (χ0n) is 9.58. The van der Waals surface area contributed by atoms with Crippen LogP contribution in [-0.2, 0) is 0 Å². The second kappa shape index (κ2) is 5.95. The van der Waals surface area contributed by atoms with E-state index in [9.17, 15) is 0 Å². The van der Waals surface area contributed by atoms with Gasteiger partial charge in [0.15, 0.2) is 0 Å². The third-order valence-corrected chi connectivity index (χ3v) is 4.66. The Labute approximate surface area is 107 Å². The van der Waals surface area contributed by atoms with Crippen molar-refractivity contribution in [2.75, 3.05) is 12.3 Å². The molecule has 1 aliphatic heterocycles. The molecule has 0 aliphatic carbocycles. The minimum Gasteiger partial charge on any atom is -0.309 e. The molecular weight excluding hydrogens is 238 g/mol. The molecule has 1 aromatic carbocycles. The summed E-state index contributed by atoms with van der Waals surface area (Å²) in [4.78, 5) is 0. The lowest BCUT2D eigenvalue weighted by Gasteiger charge is -2.24. The van der Waals surface area contributed by atoms with Crippen molar-refractivity contribution in [1.82, 2.24) is 5.32 Å². The van der Waals surface area contributed by atoms with Gasteiger partial charge in [-0.25, -0.2) is 0 Å². The molecule has 2 unspecified atom stereocenters. The summed E-state index contributed by atoms with van der Waals surface area (Å²) in [6.45, 7) is 3.17. The van der Waals surface area contributed by atoms with Gasteiger partial charge < -0.3 is 5.32 Å². The average molecular weight is 256 g/mol. The third-order valence-electron chi connectivity index (χ3n) is 2.97. The monoisotopic (exact) mass is 255 g/mol. The fraction of sp³-hybridized carbons (Fsp3) is 0.538. The van der Waals surface area contributed by atoms with Crippen molar-refractivity contribution in [3.63, 3.8) is 0 Å². The summed E-state index contributed by atoms with van der Waals surface area (Å²) < 4.78 is 0. The van der Waals surface area contributed by atoms with E-state index in [1.807, 2.05) is 12.1 Å². The number of benzene rings is 1.